The van der Waals surface area contributed by atoms with Crippen LogP contribution < -0.4 is 5.32 Å². The summed E-state index contributed by atoms with van der Waals surface area (Å²) in [6.07, 6.45) is 1.58. The number of hydrogen-bond acceptors (Lipinski definition) is 2. The van der Waals surface area contributed by atoms with Gasteiger partial charge in [0, 0.05) is 23.6 Å². The van der Waals surface area contributed by atoms with Crippen LogP contribution in [0.2, 0.25) is 0 Å². The summed E-state index contributed by atoms with van der Waals surface area (Å²) in [6, 6.07) is 9.27. The van der Waals surface area contributed by atoms with Crippen molar-refractivity contribution in [2.75, 3.05) is 5.32 Å². The number of anilines is 1. The largest absolute Gasteiger partial charge is 0.349 e. The average molecular weight is 311 g/mol. The van der Waals surface area contributed by atoms with Crippen LogP contribution in [-0.4, -0.2) is 10.5 Å². The number of rotatable bonds is 4. The van der Waals surface area contributed by atoms with Crippen molar-refractivity contribution in [2.45, 2.75) is 27.3 Å². The Morgan fingerprint density at radius 2 is 2.00 bits per heavy atom. The lowest BCUT2D eigenvalue weighted by Crippen LogP contribution is -2.13. The Hall–Kier alpha value is -2.87. The highest BCUT2D eigenvalue weighted by molar-refractivity contribution is 6.09. The summed E-state index contributed by atoms with van der Waals surface area (Å²) in [5.74, 6) is -0.897. The molecule has 0 atom stereocenters. The molecule has 23 heavy (non-hydrogen) atoms. The highest BCUT2D eigenvalue weighted by Crippen LogP contribution is 2.19. The SMILES string of the molecule is CCn1c(C)cc(/C=C(/C#N)C(=O)Nc2ccc(F)cc2)c1C. The molecule has 1 N–H and O–H groups in total. The predicted octanol–water partition coefficient (Wildman–Crippen LogP) is 3.81. The van der Waals surface area contributed by atoms with Crippen LogP contribution in [0.15, 0.2) is 35.9 Å². The fourth-order valence-electron chi connectivity index (χ4n) is 2.50. The number of amides is 1. The normalized spacial score (nSPS) is 11.2. The van der Waals surface area contributed by atoms with Crippen LogP contribution in [-0.2, 0) is 11.3 Å². The van der Waals surface area contributed by atoms with Crippen molar-refractivity contribution in [3.05, 3.63) is 58.7 Å². The van der Waals surface area contributed by atoms with E-state index in [1.54, 1.807) is 6.08 Å². The van der Waals surface area contributed by atoms with Gasteiger partial charge in [0.05, 0.1) is 0 Å². The lowest BCUT2D eigenvalue weighted by Gasteiger charge is -2.05. The summed E-state index contributed by atoms with van der Waals surface area (Å²) in [7, 11) is 0. The predicted molar refractivity (Wildman–Crippen MR) is 88.2 cm³/mol. The standard InChI is InChI=1S/C18H18FN3O/c1-4-22-12(2)9-14(13(22)3)10-15(11-20)18(23)21-17-7-5-16(19)6-8-17/h5-10H,4H2,1-3H3,(H,21,23)/b15-10-. The van der Waals surface area contributed by atoms with E-state index >= 15 is 0 Å². The van der Waals surface area contributed by atoms with Gasteiger partial charge in [-0.15, -0.1) is 0 Å². The Bertz CT molecular complexity index is 795. The molecule has 2 rings (SSSR count). The first-order chi connectivity index (χ1) is 11.0. The van der Waals surface area contributed by atoms with Crippen molar-refractivity contribution in [1.82, 2.24) is 4.57 Å². The van der Waals surface area contributed by atoms with Gasteiger partial charge in [0.1, 0.15) is 17.5 Å². The highest BCUT2D eigenvalue weighted by Gasteiger charge is 2.12. The molecule has 0 aliphatic rings. The highest BCUT2D eigenvalue weighted by atomic mass is 19.1. The topological polar surface area (TPSA) is 57.8 Å². The van der Waals surface area contributed by atoms with Gasteiger partial charge in [-0.1, -0.05) is 0 Å². The summed E-state index contributed by atoms with van der Waals surface area (Å²) in [6.45, 7) is 6.81. The molecule has 1 amide bonds. The molecule has 4 nitrogen and oxygen atoms in total. The third kappa shape index (κ3) is 3.67. The van der Waals surface area contributed by atoms with E-state index in [4.69, 9.17) is 0 Å². The Morgan fingerprint density at radius 1 is 1.35 bits per heavy atom. The van der Waals surface area contributed by atoms with Gasteiger partial charge in [-0.05, 0) is 62.7 Å². The number of aryl methyl sites for hydroxylation is 1. The van der Waals surface area contributed by atoms with Gasteiger partial charge in [-0.3, -0.25) is 4.79 Å². The molecule has 1 heterocycles. The molecule has 5 heteroatoms. The lowest BCUT2D eigenvalue weighted by atomic mass is 10.1. The lowest BCUT2D eigenvalue weighted by molar-refractivity contribution is -0.112. The number of halogens is 1. The Kier molecular flexibility index (Phi) is 4.97. The minimum atomic E-state index is -0.514. The van der Waals surface area contributed by atoms with Gasteiger partial charge < -0.3 is 9.88 Å². The average Bonchev–Trinajstić information content (AvgIpc) is 2.80. The van der Waals surface area contributed by atoms with Crippen molar-refractivity contribution in [3.8, 4) is 6.07 Å². The quantitative estimate of drug-likeness (QED) is 0.689. The molecule has 2 aromatic rings. The first-order valence-electron chi connectivity index (χ1n) is 7.31. The van der Waals surface area contributed by atoms with E-state index in [1.807, 2.05) is 32.9 Å². The van der Waals surface area contributed by atoms with E-state index in [-0.39, 0.29) is 11.4 Å². The molecule has 0 aliphatic heterocycles. The monoisotopic (exact) mass is 311 g/mol. The number of carbonyl (C=O) groups excluding carboxylic acids is 1. The summed E-state index contributed by atoms with van der Waals surface area (Å²) in [5.41, 5.74) is 3.37. The van der Waals surface area contributed by atoms with Gasteiger partial charge in [0.15, 0.2) is 0 Å². The fraction of sp³-hybridized carbons (Fsp3) is 0.222. The number of carbonyl (C=O) groups is 1. The summed E-state index contributed by atoms with van der Waals surface area (Å²) >= 11 is 0. The van der Waals surface area contributed by atoms with E-state index < -0.39 is 5.91 Å². The summed E-state index contributed by atoms with van der Waals surface area (Å²) in [5, 5.41) is 11.9. The zero-order valence-corrected chi connectivity index (χ0v) is 13.4. The van der Waals surface area contributed by atoms with Crippen molar-refractivity contribution < 1.29 is 9.18 Å². The third-order valence-corrected chi connectivity index (χ3v) is 3.70. The van der Waals surface area contributed by atoms with Crippen LogP contribution in [0, 0.1) is 31.0 Å². The molecule has 0 radical (unpaired) electrons. The molecule has 0 saturated carbocycles. The molecule has 118 valence electrons. The number of benzene rings is 1. The molecule has 0 aliphatic carbocycles. The number of nitriles is 1. The Morgan fingerprint density at radius 3 is 2.52 bits per heavy atom. The first kappa shape index (κ1) is 16.5. The fourth-order valence-corrected chi connectivity index (χ4v) is 2.50. The van der Waals surface area contributed by atoms with Crippen molar-refractivity contribution in [3.63, 3.8) is 0 Å². The van der Waals surface area contributed by atoms with Gasteiger partial charge in [0.2, 0.25) is 0 Å². The van der Waals surface area contributed by atoms with Crippen molar-refractivity contribution >= 4 is 17.7 Å². The molecule has 0 fully saturated rings. The second-order valence-corrected chi connectivity index (χ2v) is 5.20. The molecule has 0 bridgehead atoms. The van der Waals surface area contributed by atoms with E-state index in [9.17, 15) is 14.4 Å². The maximum Gasteiger partial charge on any atom is 0.266 e. The zero-order valence-electron chi connectivity index (χ0n) is 13.4. The van der Waals surface area contributed by atoms with Crippen LogP contribution in [0.4, 0.5) is 10.1 Å². The number of aromatic nitrogens is 1. The molecule has 1 aromatic carbocycles. The number of nitrogens with one attached hydrogen (secondary N) is 1. The van der Waals surface area contributed by atoms with Crippen LogP contribution in [0.5, 0.6) is 0 Å². The number of hydrogen-bond donors (Lipinski definition) is 1. The van der Waals surface area contributed by atoms with Crippen molar-refractivity contribution in [2.24, 2.45) is 0 Å². The molecule has 0 spiro atoms. The maximum absolute atomic E-state index is 12.9. The smallest absolute Gasteiger partial charge is 0.266 e. The van der Waals surface area contributed by atoms with Crippen LogP contribution >= 0.6 is 0 Å². The zero-order chi connectivity index (χ0) is 17.0. The first-order valence-corrected chi connectivity index (χ1v) is 7.31. The number of nitrogens with zero attached hydrogens (tertiary/aromatic N) is 2. The van der Waals surface area contributed by atoms with Crippen LogP contribution in [0.25, 0.3) is 6.08 Å². The van der Waals surface area contributed by atoms with Gasteiger partial charge >= 0.3 is 0 Å². The van der Waals surface area contributed by atoms with Crippen LogP contribution in [0.3, 0.4) is 0 Å². The van der Waals surface area contributed by atoms with E-state index in [1.165, 1.54) is 24.3 Å². The Balaban J connectivity index is 2.27. The summed E-state index contributed by atoms with van der Waals surface area (Å²) in [4.78, 5) is 12.2. The minimum absolute atomic E-state index is 0.00526. The Labute approximate surface area is 134 Å². The minimum Gasteiger partial charge on any atom is -0.349 e. The molecular weight excluding hydrogens is 293 g/mol. The van der Waals surface area contributed by atoms with E-state index in [0.29, 0.717) is 5.69 Å². The van der Waals surface area contributed by atoms with E-state index in [2.05, 4.69) is 9.88 Å². The second-order valence-electron chi connectivity index (χ2n) is 5.20. The van der Waals surface area contributed by atoms with Gasteiger partial charge in [0.25, 0.3) is 5.91 Å². The molecule has 0 saturated heterocycles. The third-order valence-electron chi connectivity index (χ3n) is 3.70. The van der Waals surface area contributed by atoms with Crippen molar-refractivity contribution in [1.29, 1.82) is 5.26 Å². The molecule has 0 unspecified atom stereocenters. The molecule has 1 aromatic heterocycles. The molecular formula is C18H18FN3O. The second kappa shape index (κ2) is 6.93. The van der Waals surface area contributed by atoms with Gasteiger partial charge in [-0.2, -0.15) is 5.26 Å². The summed E-state index contributed by atoms with van der Waals surface area (Å²) < 4.78 is 15.0. The van der Waals surface area contributed by atoms with Gasteiger partial charge in [-0.25, -0.2) is 4.39 Å². The van der Waals surface area contributed by atoms with Crippen LogP contribution in [0.1, 0.15) is 23.9 Å². The maximum atomic E-state index is 12.9. The van der Waals surface area contributed by atoms with E-state index in [0.717, 1.165) is 23.5 Å².